The number of carbonyl (C=O) groups excluding carboxylic acids is 2. The fourth-order valence-corrected chi connectivity index (χ4v) is 4.95. The van der Waals surface area contributed by atoms with Gasteiger partial charge in [0.05, 0.1) is 30.2 Å². The Bertz CT molecular complexity index is 1300. The van der Waals surface area contributed by atoms with Crippen LogP contribution in [0.2, 0.25) is 0 Å². The highest BCUT2D eigenvalue weighted by molar-refractivity contribution is 7.92. The van der Waals surface area contributed by atoms with Crippen LogP contribution in [0, 0.1) is 0 Å². The van der Waals surface area contributed by atoms with Gasteiger partial charge in [-0.05, 0) is 55.3 Å². The van der Waals surface area contributed by atoms with Crippen molar-refractivity contribution in [2.45, 2.75) is 37.1 Å². The Labute approximate surface area is 197 Å². The van der Waals surface area contributed by atoms with Crippen molar-refractivity contribution in [3.8, 4) is 11.4 Å². The first-order valence-corrected chi connectivity index (χ1v) is 12.2. The van der Waals surface area contributed by atoms with Crippen molar-refractivity contribution in [2.24, 2.45) is 0 Å². The molecule has 0 atom stereocenters. The van der Waals surface area contributed by atoms with Crippen molar-refractivity contribution >= 4 is 27.6 Å². The van der Waals surface area contributed by atoms with Crippen LogP contribution < -0.4 is 4.72 Å². The SMILES string of the molecule is COC(=O)c1cc(C(=O)OC)cc(S(=O)(=O)Nc2ccc(-c3nnc4n3CCCCC4)cc2)c1. The van der Waals surface area contributed by atoms with Crippen molar-refractivity contribution in [1.82, 2.24) is 14.8 Å². The third kappa shape index (κ3) is 4.79. The Balaban J connectivity index is 1.61. The van der Waals surface area contributed by atoms with Gasteiger partial charge in [-0.25, -0.2) is 18.0 Å². The van der Waals surface area contributed by atoms with Crippen LogP contribution in [-0.2, 0) is 32.5 Å². The Morgan fingerprint density at radius 3 is 2.18 bits per heavy atom. The smallest absolute Gasteiger partial charge is 0.337 e. The number of sulfonamides is 1. The van der Waals surface area contributed by atoms with Gasteiger partial charge in [-0.2, -0.15) is 0 Å². The van der Waals surface area contributed by atoms with E-state index in [-0.39, 0.29) is 16.0 Å². The Hall–Kier alpha value is -3.73. The molecule has 0 radical (unpaired) electrons. The van der Waals surface area contributed by atoms with Gasteiger partial charge in [0.25, 0.3) is 10.0 Å². The summed E-state index contributed by atoms with van der Waals surface area (Å²) in [6, 6.07) is 10.3. The fraction of sp³-hybridized carbons (Fsp3) is 0.304. The number of nitrogens with zero attached hydrogens (tertiary/aromatic N) is 3. The number of aryl methyl sites for hydroxylation is 1. The van der Waals surface area contributed by atoms with Gasteiger partial charge in [0.15, 0.2) is 5.82 Å². The lowest BCUT2D eigenvalue weighted by Gasteiger charge is -2.12. The standard InChI is InChI=1S/C23H24N4O6S/c1-32-22(28)16-12-17(23(29)33-2)14-19(13-16)34(30,31)26-18-9-7-15(8-10-18)21-25-24-20-6-4-3-5-11-27(20)21/h7-10,12-14,26H,3-6,11H2,1-2H3. The van der Waals surface area contributed by atoms with Gasteiger partial charge in [-0.15, -0.1) is 10.2 Å². The lowest BCUT2D eigenvalue weighted by molar-refractivity contribution is 0.0598. The molecule has 3 aromatic rings. The quantitative estimate of drug-likeness (QED) is 0.529. The predicted octanol–water partition coefficient (Wildman–Crippen LogP) is 3.05. The van der Waals surface area contributed by atoms with Crippen LogP contribution in [0.5, 0.6) is 0 Å². The van der Waals surface area contributed by atoms with E-state index in [9.17, 15) is 18.0 Å². The molecule has 1 aromatic heterocycles. The van der Waals surface area contributed by atoms with E-state index in [2.05, 4.69) is 29.0 Å². The van der Waals surface area contributed by atoms with Crippen molar-refractivity contribution in [3.05, 3.63) is 59.4 Å². The molecule has 0 saturated heterocycles. The van der Waals surface area contributed by atoms with Crippen LogP contribution in [0.25, 0.3) is 11.4 Å². The minimum atomic E-state index is -4.13. The number of hydrogen-bond acceptors (Lipinski definition) is 8. The first-order chi connectivity index (χ1) is 16.3. The van der Waals surface area contributed by atoms with Crippen LogP contribution >= 0.6 is 0 Å². The number of carbonyl (C=O) groups is 2. The number of methoxy groups -OCH3 is 2. The van der Waals surface area contributed by atoms with Gasteiger partial charge in [0.2, 0.25) is 0 Å². The van der Waals surface area contributed by atoms with Crippen molar-refractivity contribution < 1.29 is 27.5 Å². The van der Waals surface area contributed by atoms with Crippen LogP contribution in [-0.4, -0.2) is 49.3 Å². The maximum absolute atomic E-state index is 13.0. The average Bonchev–Trinajstić information content (AvgIpc) is 3.10. The third-order valence-corrected chi connectivity index (χ3v) is 6.92. The lowest BCUT2D eigenvalue weighted by atomic mass is 10.1. The summed E-state index contributed by atoms with van der Waals surface area (Å²) in [5.74, 6) is 0.155. The Morgan fingerprint density at radius 2 is 1.56 bits per heavy atom. The monoisotopic (exact) mass is 484 g/mol. The lowest BCUT2D eigenvalue weighted by Crippen LogP contribution is -2.16. The second-order valence-corrected chi connectivity index (χ2v) is 9.50. The van der Waals surface area contributed by atoms with Gasteiger partial charge < -0.3 is 14.0 Å². The topological polar surface area (TPSA) is 129 Å². The normalized spacial score (nSPS) is 13.5. The Kier molecular flexibility index (Phi) is 6.64. The highest BCUT2D eigenvalue weighted by atomic mass is 32.2. The van der Waals surface area contributed by atoms with Crippen molar-refractivity contribution in [3.63, 3.8) is 0 Å². The first kappa shape index (κ1) is 23.4. The number of fused-ring (bicyclic) bond motifs is 1. The van der Waals surface area contributed by atoms with Crippen LogP contribution in [0.4, 0.5) is 5.69 Å². The molecular formula is C23H24N4O6S. The molecule has 10 nitrogen and oxygen atoms in total. The van der Waals surface area contributed by atoms with Gasteiger partial charge in [0.1, 0.15) is 5.82 Å². The largest absolute Gasteiger partial charge is 0.465 e. The number of rotatable bonds is 6. The minimum absolute atomic E-state index is 0.0892. The zero-order valence-corrected chi connectivity index (χ0v) is 19.6. The number of ether oxygens (including phenoxy) is 2. The maximum atomic E-state index is 13.0. The molecule has 0 amide bonds. The molecule has 1 N–H and O–H groups in total. The molecule has 2 heterocycles. The summed E-state index contributed by atoms with van der Waals surface area (Å²) in [5, 5.41) is 8.62. The predicted molar refractivity (Wildman–Crippen MR) is 123 cm³/mol. The highest BCUT2D eigenvalue weighted by Gasteiger charge is 2.22. The summed E-state index contributed by atoms with van der Waals surface area (Å²) in [4.78, 5) is 23.7. The summed E-state index contributed by atoms with van der Waals surface area (Å²) < 4.78 is 40.0. The number of aromatic nitrogens is 3. The molecule has 0 saturated carbocycles. The van der Waals surface area contributed by atoms with E-state index in [0.29, 0.717) is 5.69 Å². The summed E-state index contributed by atoms with van der Waals surface area (Å²) in [6.07, 6.45) is 4.20. The van der Waals surface area contributed by atoms with E-state index < -0.39 is 22.0 Å². The van der Waals surface area contributed by atoms with E-state index in [4.69, 9.17) is 0 Å². The molecule has 0 spiro atoms. The number of anilines is 1. The number of nitrogens with one attached hydrogen (secondary N) is 1. The molecular weight excluding hydrogens is 460 g/mol. The number of hydrogen-bond donors (Lipinski definition) is 1. The van der Waals surface area contributed by atoms with Crippen molar-refractivity contribution in [2.75, 3.05) is 18.9 Å². The van der Waals surface area contributed by atoms with Crippen LogP contribution in [0.1, 0.15) is 45.8 Å². The van der Waals surface area contributed by atoms with E-state index >= 15 is 0 Å². The zero-order chi connectivity index (χ0) is 24.3. The molecule has 1 aliphatic rings. The summed E-state index contributed by atoms with van der Waals surface area (Å²) >= 11 is 0. The highest BCUT2D eigenvalue weighted by Crippen LogP contribution is 2.25. The van der Waals surface area contributed by atoms with Gasteiger partial charge in [-0.1, -0.05) is 6.42 Å². The molecule has 34 heavy (non-hydrogen) atoms. The molecule has 2 aromatic carbocycles. The number of esters is 2. The third-order valence-electron chi connectivity index (χ3n) is 5.56. The van der Waals surface area contributed by atoms with E-state index in [1.54, 1.807) is 24.3 Å². The van der Waals surface area contributed by atoms with E-state index in [0.717, 1.165) is 75.8 Å². The first-order valence-electron chi connectivity index (χ1n) is 10.7. The molecule has 1 aliphatic heterocycles. The molecule has 4 rings (SSSR count). The number of benzene rings is 2. The van der Waals surface area contributed by atoms with Crippen LogP contribution in [0.3, 0.4) is 0 Å². The molecule has 178 valence electrons. The summed E-state index contributed by atoms with van der Waals surface area (Å²) in [7, 11) is -1.80. The fourth-order valence-electron chi connectivity index (χ4n) is 3.83. The molecule has 0 unspecified atom stereocenters. The summed E-state index contributed by atoms with van der Waals surface area (Å²) in [5.41, 5.74) is 0.953. The summed E-state index contributed by atoms with van der Waals surface area (Å²) in [6.45, 7) is 0.852. The average molecular weight is 485 g/mol. The molecule has 0 fully saturated rings. The molecule has 11 heteroatoms. The van der Waals surface area contributed by atoms with E-state index in [1.165, 1.54) is 6.07 Å². The van der Waals surface area contributed by atoms with Crippen molar-refractivity contribution in [1.29, 1.82) is 0 Å². The molecule has 0 aliphatic carbocycles. The minimum Gasteiger partial charge on any atom is -0.465 e. The van der Waals surface area contributed by atoms with Gasteiger partial charge in [-0.3, -0.25) is 4.72 Å². The zero-order valence-electron chi connectivity index (χ0n) is 18.8. The van der Waals surface area contributed by atoms with Gasteiger partial charge >= 0.3 is 11.9 Å². The second-order valence-electron chi connectivity index (χ2n) is 7.81. The Morgan fingerprint density at radius 1 is 0.912 bits per heavy atom. The molecule has 0 bridgehead atoms. The van der Waals surface area contributed by atoms with Gasteiger partial charge in [0, 0.05) is 24.2 Å². The maximum Gasteiger partial charge on any atom is 0.337 e. The van der Waals surface area contributed by atoms with E-state index in [1.807, 2.05) is 0 Å². The second kappa shape index (κ2) is 9.64. The van der Waals surface area contributed by atoms with Crippen LogP contribution in [0.15, 0.2) is 47.4 Å².